The zero-order valence-corrected chi connectivity index (χ0v) is 9.89. The van der Waals surface area contributed by atoms with E-state index in [0.29, 0.717) is 12.5 Å². The SMILES string of the molecule is CN1CCC(N(C)C(CO)CCO)CC1. The average Bonchev–Trinajstić information content (AvgIpc) is 2.26. The van der Waals surface area contributed by atoms with Gasteiger partial charge in [-0.1, -0.05) is 0 Å². The summed E-state index contributed by atoms with van der Waals surface area (Å²) in [6.07, 6.45) is 2.99. The van der Waals surface area contributed by atoms with Crippen LogP contribution in [0.3, 0.4) is 0 Å². The lowest BCUT2D eigenvalue weighted by Gasteiger charge is -2.38. The van der Waals surface area contributed by atoms with Crippen molar-refractivity contribution in [3.8, 4) is 0 Å². The third-order valence-corrected chi connectivity index (χ3v) is 3.51. The molecule has 1 saturated heterocycles. The van der Waals surface area contributed by atoms with Crippen LogP contribution in [0.4, 0.5) is 0 Å². The van der Waals surface area contributed by atoms with Gasteiger partial charge in [-0.2, -0.15) is 0 Å². The smallest absolute Gasteiger partial charge is 0.0587 e. The summed E-state index contributed by atoms with van der Waals surface area (Å²) in [5.41, 5.74) is 0. The lowest BCUT2D eigenvalue weighted by molar-refractivity contribution is 0.0594. The molecule has 1 aliphatic heterocycles. The van der Waals surface area contributed by atoms with Gasteiger partial charge in [0.1, 0.15) is 0 Å². The van der Waals surface area contributed by atoms with Gasteiger partial charge in [-0.25, -0.2) is 0 Å². The van der Waals surface area contributed by atoms with Gasteiger partial charge in [-0.15, -0.1) is 0 Å². The monoisotopic (exact) mass is 216 g/mol. The minimum Gasteiger partial charge on any atom is -0.396 e. The van der Waals surface area contributed by atoms with Gasteiger partial charge in [0.2, 0.25) is 0 Å². The fraction of sp³-hybridized carbons (Fsp3) is 1.00. The van der Waals surface area contributed by atoms with E-state index in [0.717, 1.165) is 25.9 Å². The van der Waals surface area contributed by atoms with Crippen LogP contribution < -0.4 is 0 Å². The molecule has 0 radical (unpaired) electrons. The molecule has 0 spiro atoms. The number of rotatable bonds is 5. The van der Waals surface area contributed by atoms with Crippen LogP contribution in [0.25, 0.3) is 0 Å². The second kappa shape index (κ2) is 6.43. The number of aliphatic hydroxyl groups excluding tert-OH is 2. The van der Waals surface area contributed by atoms with Crippen molar-refractivity contribution in [2.24, 2.45) is 0 Å². The average molecular weight is 216 g/mol. The standard InChI is InChI=1S/C11H24N2O2/c1-12-6-3-10(4-7-12)13(2)11(9-15)5-8-14/h10-11,14-15H,3-9H2,1-2H3. The molecule has 1 heterocycles. The number of nitrogens with zero attached hydrogens (tertiary/aromatic N) is 2. The molecule has 4 heteroatoms. The van der Waals surface area contributed by atoms with E-state index in [9.17, 15) is 5.11 Å². The molecule has 0 aromatic carbocycles. The third kappa shape index (κ3) is 3.72. The largest absolute Gasteiger partial charge is 0.396 e. The summed E-state index contributed by atoms with van der Waals surface area (Å²) in [4.78, 5) is 4.58. The van der Waals surface area contributed by atoms with Crippen LogP contribution in [0, 0.1) is 0 Å². The lowest BCUT2D eigenvalue weighted by Crippen LogP contribution is -2.47. The van der Waals surface area contributed by atoms with Crippen molar-refractivity contribution in [2.45, 2.75) is 31.3 Å². The van der Waals surface area contributed by atoms with Crippen molar-refractivity contribution in [1.82, 2.24) is 9.80 Å². The maximum absolute atomic E-state index is 9.25. The number of hydrogen-bond acceptors (Lipinski definition) is 4. The highest BCUT2D eigenvalue weighted by atomic mass is 16.3. The number of hydrogen-bond donors (Lipinski definition) is 2. The van der Waals surface area contributed by atoms with Gasteiger partial charge in [0.15, 0.2) is 0 Å². The predicted octanol–water partition coefficient (Wildman–Crippen LogP) is -0.244. The molecular weight excluding hydrogens is 192 g/mol. The number of likely N-dealkylation sites (N-methyl/N-ethyl adjacent to an activating group) is 1. The van der Waals surface area contributed by atoms with Crippen LogP contribution in [-0.2, 0) is 0 Å². The zero-order valence-electron chi connectivity index (χ0n) is 9.89. The fourth-order valence-electron chi connectivity index (χ4n) is 2.27. The molecule has 15 heavy (non-hydrogen) atoms. The van der Waals surface area contributed by atoms with E-state index in [1.54, 1.807) is 0 Å². The molecule has 2 N–H and O–H groups in total. The van der Waals surface area contributed by atoms with E-state index in [1.165, 1.54) is 0 Å². The molecule has 1 aliphatic rings. The van der Waals surface area contributed by atoms with Crippen molar-refractivity contribution < 1.29 is 10.2 Å². The van der Waals surface area contributed by atoms with Crippen LogP contribution >= 0.6 is 0 Å². The lowest BCUT2D eigenvalue weighted by atomic mass is 10.0. The van der Waals surface area contributed by atoms with Gasteiger partial charge in [0.05, 0.1) is 6.61 Å². The second-order valence-electron chi connectivity index (χ2n) is 4.55. The Morgan fingerprint density at radius 3 is 2.40 bits per heavy atom. The minimum atomic E-state index is 0.114. The normalized spacial score (nSPS) is 22.2. The quantitative estimate of drug-likeness (QED) is 0.665. The van der Waals surface area contributed by atoms with Crippen LogP contribution in [0.5, 0.6) is 0 Å². The number of aliphatic hydroxyl groups is 2. The van der Waals surface area contributed by atoms with Gasteiger partial charge in [-0.05, 0) is 46.4 Å². The molecule has 0 aromatic rings. The molecule has 0 aromatic heterocycles. The van der Waals surface area contributed by atoms with E-state index in [1.807, 2.05) is 0 Å². The van der Waals surface area contributed by atoms with E-state index in [4.69, 9.17) is 5.11 Å². The first kappa shape index (κ1) is 12.9. The molecule has 1 unspecified atom stereocenters. The van der Waals surface area contributed by atoms with Gasteiger partial charge < -0.3 is 15.1 Å². The highest BCUT2D eigenvalue weighted by Gasteiger charge is 2.25. The Morgan fingerprint density at radius 2 is 1.93 bits per heavy atom. The summed E-state index contributed by atoms with van der Waals surface area (Å²) in [5.74, 6) is 0. The van der Waals surface area contributed by atoms with Crippen LogP contribution in [0.15, 0.2) is 0 Å². The van der Waals surface area contributed by atoms with Gasteiger partial charge in [0.25, 0.3) is 0 Å². The molecule has 1 rings (SSSR count). The Balaban J connectivity index is 2.40. The summed E-state index contributed by atoms with van der Waals surface area (Å²) in [6, 6.07) is 0.674. The molecule has 0 bridgehead atoms. The molecule has 1 fully saturated rings. The van der Waals surface area contributed by atoms with Crippen molar-refractivity contribution in [3.05, 3.63) is 0 Å². The van der Waals surface area contributed by atoms with Crippen LogP contribution in [0.2, 0.25) is 0 Å². The Labute approximate surface area is 92.5 Å². The molecule has 1 atom stereocenters. The Morgan fingerprint density at radius 1 is 1.33 bits per heavy atom. The number of piperidine rings is 1. The highest BCUT2D eigenvalue weighted by Crippen LogP contribution is 2.17. The van der Waals surface area contributed by atoms with Gasteiger partial charge in [0, 0.05) is 18.7 Å². The molecule has 90 valence electrons. The van der Waals surface area contributed by atoms with Gasteiger partial charge in [-0.3, -0.25) is 4.90 Å². The third-order valence-electron chi connectivity index (χ3n) is 3.51. The summed E-state index contributed by atoms with van der Waals surface area (Å²) < 4.78 is 0. The minimum absolute atomic E-state index is 0.114. The molecule has 0 saturated carbocycles. The maximum Gasteiger partial charge on any atom is 0.0587 e. The highest BCUT2D eigenvalue weighted by molar-refractivity contribution is 4.81. The molecule has 4 nitrogen and oxygen atoms in total. The predicted molar refractivity (Wildman–Crippen MR) is 60.9 cm³/mol. The first-order chi connectivity index (χ1) is 7.19. The zero-order chi connectivity index (χ0) is 11.3. The van der Waals surface area contributed by atoms with Crippen molar-refractivity contribution in [1.29, 1.82) is 0 Å². The summed E-state index contributed by atoms with van der Waals surface area (Å²) >= 11 is 0. The topological polar surface area (TPSA) is 46.9 Å². The molecule has 0 amide bonds. The van der Waals surface area contributed by atoms with Crippen molar-refractivity contribution in [3.63, 3.8) is 0 Å². The first-order valence-corrected chi connectivity index (χ1v) is 5.81. The van der Waals surface area contributed by atoms with Crippen LogP contribution in [0.1, 0.15) is 19.3 Å². The summed E-state index contributed by atoms with van der Waals surface area (Å²) in [6.45, 7) is 2.56. The maximum atomic E-state index is 9.25. The van der Waals surface area contributed by atoms with Crippen LogP contribution in [-0.4, -0.2) is 72.5 Å². The van der Waals surface area contributed by atoms with Gasteiger partial charge >= 0.3 is 0 Å². The summed E-state index contributed by atoms with van der Waals surface area (Å²) in [5, 5.41) is 18.2. The van der Waals surface area contributed by atoms with Crippen molar-refractivity contribution in [2.75, 3.05) is 40.4 Å². The molecular formula is C11H24N2O2. The Kier molecular flexibility index (Phi) is 5.53. The Hall–Kier alpha value is -0.160. The Bertz CT molecular complexity index is 170. The number of likely N-dealkylation sites (tertiary alicyclic amines) is 1. The molecule has 0 aliphatic carbocycles. The second-order valence-corrected chi connectivity index (χ2v) is 4.55. The summed E-state index contributed by atoms with van der Waals surface area (Å²) in [7, 11) is 4.21. The first-order valence-electron chi connectivity index (χ1n) is 5.81. The van der Waals surface area contributed by atoms with E-state index in [-0.39, 0.29) is 19.3 Å². The van der Waals surface area contributed by atoms with Crippen molar-refractivity contribution >= 4 is 0 Å². The van der Waals surface area contributed by atoms with E-state index in [2.05, 4.69) is 23.9 Å². The van der Waals surface area contributed by atoms with E-state index < -0.39 is 0 Å². The van der Waals surface area contributed by atoms with E-state index >= 15 is 0 Å². The fourth-order valence-corrected chi connectivity index (χ4v) is 2.27.